The van der Waals surface area contributed by atoms with Crippen LogP contribution in [0.3, 0.4) is 0 Å². The summed E-state index contributed by atoms with van der Waals surface area (Å²) in [5.41, 5.74) is 0.252. The van der Waals surface area contributed by atoms with Crippen molar-refractivity contribution in [1.29, 1.82) is 0 Å². The largest absolute Gasteiger partial charge is 0.385 e. The van der Waals surface area contributed by atoms with Crippen LogP contribution in [0.15, 0.2) is 11.6 Å². The van der Waals surface area contributed by atoms with E-state index >= 15 is 0 Å². The number of thiazole rings is 1. The highest BCUT2D eigenvalue weighted by Gasteiger charge is 2.17. The number of nitrogens with one attached hydrogen (secondary N) is 1. The van der Waals surface area contributed by atoms with Crippen LogP contribution in [-0.4, -0.2) is 25.2 Å². The Bertz CT molecular complexity index is 247. The van der Waals surface area contributed by atoms with Gasteiger partial charge in [0, 0.05) is 31.8 Å². The second-order valence-corrected chi connectivity index (χ2v) is 4.99. The molecular formula is C10H18N2OS. The Hall–Kier alpha value is -0.610. The Kier molecular flexibility index (Phi) is 4.35. The molecule has 14 heavy (non-hydrogen) atoms. The summed E-state index contributed by atoms with van der Waals surface area (Å²) in [6, 6.07) is 0. The summed E-state index contributed by atoms with van der Waals surface area (Å²) in [6.07, 6.45) is 2.87. The van der Waals surface area contributed by atoms with E-state index in [1.807, 2.05) is 11.6 Å². The average molecular weight is 214 g/mol. The Balaban J connectivity index is 2.28. The lowest BCUT2D eigenvalue weighted by Crippen LogP contribution is -2.24. The molecule has 0 spiro atoms. The van der Waals surface area contributed by atoms with Crippen LogP contribution >= 0.6 is 11.3 Å². The van der Waals surface area contributed by atoms with E-state index in [9.17, 15) is 0 Å². The molecule has 0 bridgehead atoms. The van der Waals surface area contributed by atoms with Gasteiger partial charge in [0.15, 0.2) is 5.13 Å². The van der Waals surface area contributed by atoms with Gasteiger partial charge in [0.1, 0.15) is 0 Å². The van der Waals surface area contributed by atoms with Gasteiger partial charge in [-0.05, 0) is 11.8 Å². The standard InChI is InChI=1S/C10H18N2OS/c1-10(2,4-6-13-3)8-12-9-11-5-7-14-9/h5,7H,4,6,8H2,1-3H3,(H,11,12). The second-order valence-electron chi connectivity index (χ2n) is 4.10. The normalized spacial score (nSPS) is 11.6. The lowest BCUT2D eigenvalue weighted by molar-refractivity contribution is 0.157. The topological polar surface area (TPSA) is 34.1 Å². The predicted octanol–water partition coefficient (Wildman–Crippen LogP) is 2.62. The van der Waals surface area contributed by atoms with Crippen LogP contribution in [0, 0.1) is 5.41 Å². The number of aromatic nitrogens is 1. The molecule has 1 rings (SSSR count). The third kappa shape index (κ3) is 4.07. The molecule has 0 radical (unpaired) electrons. The van der Waals surface area contributed by atoms with Crippen molar-refractivity contribution in [3.05, 3.63) is 11.6 Å². The van der Waals surface area contributed by atoms with E-state index in [1.54, 1.807) is 18.4 Å². The number of ether oxygens (including phenoxy) is 1. The molecule has 0 saturated carbocycles. The maximum absolute atomic E-state index is 5.07. The molecule has 0 atom stereocenters. The van der Waals surface area contributed by atoms with Crippen molar-refractivity contribution in [3.63, 3.8) is 0 Å². The molecule has 0 aliphatic heterocycles. The minimum absolute atomic E-state index is 0.252. The molecular weight excluding hydrogens is 196 g/mol. The molecule has 80 valence electrons. The molecule has 4 heteroatoms. The fraction of sp³-hybridized carbons (Fsp3) is 0.700. The average Bonchev–Trinajstić information content (AvgIpc) is 2.64. The van der Waals surface area contributed by atoms with Gasteiger partial charge >= 0.3 is 0 Å². The maximum atomic E-state index is 5.07. The first-order valence-electron chi connectivity index (χ1n) is 4.76. The Morgan fingerprint density at radius 2 is 2.36 bits per heavy atom. The zero-order valence-electron chi connectivity index (χ0n) is 9.04. The highest BCUT2D eigenvalue weighted by molar-refractivity contribution is 7.13. The lowest BCUT2D eigenvalue weighted by Gasteiger charge is -2.24. The fourth-order valence-electron chi connectivity index (χ4n) is 1.09. The quantitative estimate of drug-likeness (QED) is 0.790. The van der Waals surface area contributed by atoms with Crippen molar-refractivity contribution in [3.8, 4) is 0 Å². The van der Waals surface area contributed by atoms with Gasteiger partial charge in [-0.3, -0.25) is 0 Å². The molecule has 0 unspecified atom stereocenters. The summed E-state index contributed by atoms with van der Waals surface area (Å²) in [4.78, 5) is 4.18. The second kappa shape index (κ2) is 5.32. The van der Waals surface area contributed by atoms with Gasteiger partial charge in [0.2, 0.25) is 0 Å². The number of hydrogen-bond donors (Lipinski definition) is 1. The van der Waals surface area contributed by atoms with E-state index in [1.165, 1.54) is 0 Å². The molecule has 0 amide bonds. The molecule has 0 saturated heterocycles. The zero-order valence-corrected chi connectivity index (χ0v) is 9.86. The summed E-state index contributed by atoms with van der Waals surface area (Å²) in [5.74, 6) is 0. The van der Waals surface area contributed by atoms with Gasteiger partial charge in [0.25, 0.3) is 0 Å². The molecule has 1 aromatic rings. The zero-order chi connectivity index (χ0) is 10.4. The minimum Gasteiger partial charge on any atom is -0.385 e. The minimum atomic E-state index is 0.252. The third-order valence-corrected chi connectivity index (χ3v) is 2.86. The van der Waals surface area contributed by atoms with Gasteiger partial charge in [-0.15, -0.1) is 11.3 Å². The smallest absolute Gasteiger partial charge is 0.182 e. The highest BCUT2D eigenvalue weighted by Crippen LogP contribution is 2.21. The van der Waals surface area contributed by atoms with E-state index in [4.69, 9.17) is 4.74 Å². The highest BCUT2D eigenvalue weighted by atomic mass is 32.1. The van der Waals surface area contributed by atoms with E-state index in [0.29, 0.717) is 0 Å². The fourth-order valence-corrected chi connectivity index (χ4v) is 1.62. The van der Waals surface area contributed by atoms with E-state index in [-0.39, 0.29) is 5.41 Å². The number of methoxy groups -OCH3 is 1. The molecule has 0 aliphatic carbocycles. The van der Waals surface area contributed by atoms with Crippen LogP contribution in [0.4, 0.5) is 5.13 Å². The summed E-state index contributed by atoms with van der Waals surface area (Å²) in [7, 11) is 1.74. The summed E-state index contributed by atoms with van der Waals surface area (Å²) < 4.78 is 5.07. The molecule has 3 nitrogen and oxygen atoms in total. The first-order chi connectivity index (χ1) is 6.64. The van der Waals surface area contributed by atoms with Crippen molar-refractivity contribution in [2.24, 2.45) is 5.41 Å². The van der Waals surface area contributed by atoms with Crippen LogP contribution in [-0.2, 0) is 4.74 Å². The number of anilines is 1. The molecule has 0 aromatic carbocycles. The summed E-state index contributed by atoms with van der Waals surface area (Å²) >= 11 is 1.63. The van der Waals surface area contributed by atoms with Gasteiger partial charge in [-0.1, -0.05) is 13.8 Å². The van der Waals surface area contributed by atoms with Crippen LogP contribution in [0.1, 0.15) is 20.3 Å². The van der Waals surface area contributed by atoms with Crippen molar-refractivity contribution < 1.29 is 4.74 Å². The molecule has 1 N–H and O–H groups in total. The number of nitrogens with zero attached hydrogens (tertiary/aromatic N) is 1. The van der Waals surface area contributed by atoms with Crippen molar-refractivity contribution in [1.82, 2.24) is 4.98 Å². The molecule has 1 heterocycles. The van der Waals surface area contributed by atoms with Gasteiger partial charge in [-0.2, -0.15) is 0 Å². The van der Waals surface area contributed by atoms with Crippen molar-refractivity contribution in [2.45, 2.75) is 20.3 Å². The van der Waals surface area contributed by atoms with Gasteiger partial charge in [0.05, 0.1) is 0 Å². The Morgan fingerprint density at radius 1 is 1.57 bits per heavy atom. The van der Waals surface area contributed by atoms with Crippen LogP contribution in [0.2, 0.25) is 0 Å². The van der Waals surface area contributed by atoms with E-state index in [0.717, 1.165) is 24.7 Å². The predicted molar refractivity (Wildman–Crippen MR) is 60.9 cm³/mol. The van der Waals surface area contributed by atoms with Crippen molar-refractivity contribution in [2.75, 3.05) is 25.6 Å². The lowest BCUT2D eigenvalue weighted by atomic mass is 9.90. The first kappa shape index (κ1) is 11.5. The van der Waals surface area contributed by atoms with Crippen molar-refractivity contribution >= 4 is 16.5 Å². The monoisotopic (exact) mass is 214 g/mol. The molecule has 0 aliphatic rings. The van der Waals surface area contributed by atoms with Gasteiger partial charge < -0.3 is 10.1 Å². The molecule has 1 aromatic heterocycles. The van der Waals surface area contributed by atoms with E-state index < -0.39 is 0 Å². The number of rotatable bonds is 6. The first-order valence-corrected chi connectivity index (χ1v) is 5.64. The van der Waals surface area contributed by atoms with Crippen LogP contribution < -0.4 is 5.32 Å². The molecule has 0 fully saturated rings. The Morgan fingerprint density at radius 3 is 2.93 bits per heavy atom. The SMILES string of the molecule is COCCC(C)(C)CNc1nccs1. The van der Waals surface area contributed by atoms with E-state index in [2.05, 4.69) is 24.1 Å². The number of hydrogen-bond acceptors (Lipinski definition) is 4. The van der Waals surface area contributed by atoms with Crippen LogP contribution in [0.25, 0.3) is 0 Å². The third-order valence-electron chi connectivity index (χ3n) is 2.13. The van der Waals surface area contributed by atoms with Crippen LogP contribution in [0.5, 0.6) is 0 Å². The summed E-state index contributed by atoms with van der Waals surface area (Å²) in [5, 5.41) is 6.30. The maximum Gasteiger partial charge on any atom is 0.182 e. The van der Waals surface area contributed by atoms with Gasteiger partial charge in [-0.25, -0.2) is 4.98 Å². The summed E-state index contributed by atoms with van der Waals surface area (Å²) in [6.45, 7) is 6.20. The Labute approximate surface area is 89.5 Å².